The van der Waals surface area contributed by atoms with Gasteiger partial charge < -0.3 is 16.0 Å². The average molecular weight is 302 g/mol. The molecule has 0 spiro atoms. The van der Waals surface area contributed by atoms with Crippen molar-refractivity contribution in [1.29, 1.82) is 0 Å². The SMILES string of the molecule is Nc1ccc(Cl)cc1Nc1ccc(N2CCCCC2)cc1. The summed E-state index contributed by atoms with van der Waals surface area (Å²) in [6.07, 6.45) is 3.93. The second-order valence-corrected chi connectivity index (χ2v) is 5.89. The molecule has 21 heavy (non-hydrogen) atoms. The summed E-state index contributed by atoms with van der Waals surface area (Å²) in [5, 5.41) is 3.99. The number of nitrogens with one attached hydrogen (secondary N) is 1. The Morgan fingerprint density at radius 1 is 0.952 bits per heavy atom. The van der Waals surface area contributed by atoms with Crippen molar-refractivity contribution in [3.8, 4) is 0 Å². The maximum absolute atomic E-state index is 6.01. The first-order chi connectivity index (χ1) is 10.2. The molecule has 1 heterocycles. The third-order valence-electron chi connectivity index (χ3n) is 3.88. The maximum atomic E-state index is 6.01. The van der Waals surface area contributed by atoms with E-state index in [9.17, 15) is 0 Å². The lowest BCUT2D eigenvalue weighted by atomic mass is 10.1. The minimum absolute atomic E-state index is 0.677. The second-order valence-electron chi connectivity index (χ2n) is 5.45. The smallest absolute Gasteiger partial charge is 0.0632 e. The number of nitrogens with zero attached hydrogens (tertiary/aromatic N) is 1. The molecule has 1 fully saturated rings. The van der Waals surface area contributed by atoms with E-state index in [1.165, 1.54) is 24.9 Å². The van der Waals surface area contributed by atoms with E-state index in [0.717, 1.165) is 24.5 Å². The molecule has 2 aromatic carbocycles. The molecule has 0 unspecified atom stereocenters. The number of piperidine rings is 1. The van der Waals surface area contributed by atoms with Gasteiger partial charge in [0.2, 0.25) is 0 Å². The first kappa shape index (κ1) is 14.1. The zero-order valence-electron chi connectivity index (χ0n) is 12.0. The topological polar surface area (TPSA) is 41.3 Å². The van der Waals surface area contributed by atoms with Crippen LogP contribution in [0.5, 0.6) is 0 Å². The Kier molecular flexibility index (Phi) is 4.20. The molecular formula is C17H20ClN3. The molecule has 0 saturated carbocycles. The van der Waals surface area contributed by atoms with E-state index in [2.05, 4.69) is 34.5 Å². The first-order valence-corrected chi connectivity index (χ1v) is 7.77. The minimum Gasteiger partial charge on any atom is -0.397 e. The molecule has 0 amide bonds. The van der Waals surface area contributed by atoms with Crippen LogP contribution in [-0.2, 0) is 0 Å². The molecular weight excluding hydrogens is 282 g/mol. The van der Waals surface area contributed by atoms with E-state index >= 15 is 0 Å². The van der Waals surface area contributed by atoms with Crippen LogP contribution in [0, 0.1) is 0 Å². The summed E-state index contributed by atoms with van der Waals surface area (Å²) >= 11 is 6.01. The Bertz CT molecular complexity index is 604. The van der Waals surface area contributed by atoms with Gasteiger partial charge in [-0.1, -0.05) is 11.6 Å². The van der Waals surface area contributed by atoms with Crippen LogP contribution in [0.25, 0.3) is 0 Å². The van der Waals surface area contributed by atoms with E-state index < -0.39 is 0 Å². The second kappa shape index (κ2) is 6.27. The summed E-state index contributed by atoms with van der Waals surface area (Å²) in [7, 11) is 0. The fourth-order valence-electron chi connectivity index (χ4n) is 2.70. The van der Waals surface area contributed by atoms with Crippen molar-refractivity contribution in [1.82, 2.24) is 0 Å². The molecule has 1 aliphatic heterocycles. The molecule has 110 valence electrons. The molecule has 0 bridgehead atoms. The molecule has 0 radical (unpaired) electrons. The fraction of sp³-hybridized carbons (Fsp3) is 0.294. The predicted molar refractivity (Wildman–Crippen MR) is 91.7 cm³/mol. The van der Waals surface area contributed by atoms with Gasteiger partial charge in [-0.3, -0.25) is 0 Å². The van der Waals surface area contributed by atoms with Crippen molar-refractivity contribution in [3.05, 3.63) is 47.5 Å². The highest BCUT2D eigenvalue weighted by molar-refractivity contribution is 6.31. The summed E-state index contributed by atoms with van der Waals surface area (Å²) in [5.41, 5.74) is 9.80. The van der Waals surface area contributed by atoms with Crippen molar-refractivity contribution in [2.45, 2.75) is 19.3 Å². The van der Waals surface area contributed by atoms with Gasteiger partial charge in [0, 0.05) is 29.5 Å². The lowest BCUT2D eigenvalue weighted by Gasteiger charge is -2.28. The highest BCUT2D eigenvalue weighted by Gasteiger charge is 2.10. The number of nitrogens with two attached hydrogens (primary N) is 1. The van der Waals surface area contributed by atoms with Crippen LogP contribution in [0.15, 0.2) is 42.5 Å². The number of anilines is 4. The van der Waals surface area contributed by atoms with E-state index in [4.69, 9.17) is 17.3 Å². The Labute approximate surface area is 130 Å². The van der Waals surface area contributed by atoms with Crippen LogP contribution in [-0.4, -0.2) is 13.1 Å². The predicted octanol–water partition coefficient (Wildman–Crippen LogP) is 4.66. The number of rotatable bonds is 3. The normalized spacial score (nSPS) is 15.0. The number of hydrogen-bond donors (Lipinski definition) is 2. The highest BCUT2D eigenvalue weighted by Crippen LogP contribution is 2.28. The van der Waals surface area contributed by atoms with Crippen LogP contribution >= 0.6 is 11.6 Å². The Morgan fingerprint density at radius 3 is 2.38 bits per heavy atom. The van der Waals surface area contributed by atoms with Gasteiger partial charge in [-0.15, -0.1) is 0 Å². The molecule has 3 nitrogen and oxygen atoms in total. The van der Waals surface area contributed by atoms with Gasteiger partial charge in [-0.25, -0.2) is 0 Å². The van der Waals surface area contributed by atoms with E-state index in [1.54, 1.807) is 6.07 Å². The molecule has 0 aromatic heterocycles. The summed E-state index contributed by atoms with van der Waals surface area (Å²) in [6.45, 7) is 2.32. The molecule has 3 N–H and O–H groups in total. The minimum atomic E-state index is 0.677. The molecule has 1 aliphatic rings. The van der Waals surface area contributed by atoms with Gasteiger partial charge in [0.1, 0.15) is 0 Å². The molecule has 0 aliphatic carbocycles. The van der Waals surface area contributed by atoms with Gasteiger partial charge in [-0.2, -0.15) is 0 Å². The van der Waals surface area contributed by atoms with Crippen LogP contribution in [0.3, 0.4) is 0 Å². The van der Waals surface area contributed by atoms with Crippen LogP contribution in [0.4, 0.5) is 22.7 Å². The zero-order valence-corrected chi connectivity index (χ0v) is 12.7. The van der Waals surface area contributed by atoms with Gasteiger partial charge >= 0.3 is 0 Å². The van der Waals surface area contributed by atoms with Gasteiger partial charge in [0.25, 0.3) is 0 Å². The third-order valence-corrected chi connectivity index (χ3v) is 4.12. The quantitative estimate of drug-likeness (QED) is 0.810. The van der Waals surface area contributed by atoms with Gasteiger partial charge in [0.15, 0.2) is 0 Å². The zero-order chi connectivity index (χ0) is 14.7. The van der Waals surface area contributed by atoms with Gasteiger partial charge in [0.05, 0.1) is 11.4 Å². The van der Waals surface area contributed by atoms with E-state index in [1.807, 2.05) is 12.1 Å². The third kappa shape index (κ3) is 3.42. The van der Waals surface area contributed by atoms with Crippen LogP contribution in [0.1, 0.15) is 19.3 Å². The van der Waals surface area contributed by atoms with E-state index in [-0.39, 0.29) is 0 Å². The first-order valence-electron chi connectivity index (χ1n) is 7.39. The molecule has 4 heteroatoms. The molecule has 3 rings (SSSR count). The van der Waals surface area contributed by atoms with E-state index in [0.29, 0.717) is 10.7 Å². The lowest BCUT2D eigenvalue weighted by Crippen LogP contribution is -2.29. The molecule has 0 atom stereocenters. The maximum Gasteiger partial charge on any atom is 0.0632 e. The average Bonchev–Trinajstić information content (AvgIpc) is 2.53. The van der Waals surface area contributed by atoms with Crippen LogP contribution < -0.4 is 16.0 Å². The van der Waals surface area contributed by atoms with Gasteiger partial charge in [-0.05, 0) is 61.7 Å². The summed E-state index contributed by atoms with van der Waals surface area (Å²) < 4.78 is 0. The summed E-state index contributed by atoms with van der Waals surface area (Å²) in [5.74, 6) is 0. The summed E-state index contributed by atoms with van der Waals surface area (Å²) in [4.78, 5) is 2.45. The van der Waals surface area contributed by atoms with Crippen molar-refractivity contribution >= 4 is 34.4 Å². The van der Waals surface area contributed by atoms with Crippen molar-refractivity contribution in [2.75, 3.05) is 29.0 Å². The standard InChI is InChI=1S/C17H20ClN3/c18-13-4-9-16(19)17(12-13)20-14-5-7-15(8-6-14)21-10-2-1-3-11-21/h4-9,12,20H,1-3,10-11,19H2. The van der Waals surface area contributed by atoms with Crippen molar-refractivity contribution < 1.29 is 0 Å². The number of nitrogen functional groups attached to an aromatic ring is 1. The fourth-order valence-corrected chi connectivity index (χ4v) is 2.87. The molecule has 1 saturated heterocycles. The number of halogens is 1. The monoisotopic (exact) mass is 301 g/mol. The largest absolute Gasteiger partial charge is 0.397 e. The Hall–Kier alpha value is -1.87. The van der Waals surface area contributed by atoms with Crippen LogP contribution in [0.2, 0.25) is 5.02 Å². The number of hydrogen-bond acceptors (Lipinski definition) is 3. The lowest BCUT2D eigenvalue weighted by molar-refractivity contribution is 0.578. The molecule has 2 aromatic rings. The Balaban J connectivity index is 1.73. The number of benzene rings is 2. The van der Waals surface area contributed by atoms with Crippen molar-refractivity contribution in [2.24, 2.45) is 0 Å². The summed E-state index contributed by atoms with van der Waals surface area (Å²) in [6, 6.07) is 13.9. The van der Waals surface area contributed by atoms with Crippen molar-refractivity contribution in [3.63, 3.8) is 0 Å². The highest BCUT2D eigenvalue weighted by atomic mass is 35.5. The Morgan fingerprint density at radius 2 is 1.67 bits per heavy atom.